The van der Waals surface area contributed by atoms with Crippen LogP contribution in [0.3, 0.4) is 0 Å². The lowest BCUT2D eigenvalue weighted by molar-refractivity contribution is 0.0257. The van der Waals surface area contributed by atoms with Gasteiger partial charge in [-0.05, 0) is 112 Å². The van der Waals surface area contributed by atoms with Crippen LogP contribution >= 0.6 is 0 Å². The van der Waals surface area contributed by atoms with Crippen LogP contribution in [-0.2, 0) is 12.8 Å². The molecular weight excluding hydrogens is 775 g/mol. The predicted molar refractivity (Wildman–Crippen MR) is 227 cm³/mol. The minimum absolute atomic E-state index is 0.00194. The van der Waals surface area contributed by atoms with Gasteiger partial charge in [0.1, 0.15) is 11.5 Å². The second-order valence-corrected chi connectivity index (χ2v) is 15.8. The summed E-state index contributed by atoms with van der Waals surface area (Å²) in [7, 11) is 0. The summed E-state index contributed by atoms with van der Waals surface area (Å²) in [5.74, 6) is 2.80. The van der Waals surface area contributed by atoms with Gasteiger partial charge in [-0.15, -0.1) is 0 Å². The van der Waals surface area contributed by atoms with Crippen LogP contribution in [0.5, 0.6) is 11.5 Å². The average Bonchev–Trinajstić information content (AvgIpc) is 4.08. The standard InChI is InChI=1S/C25H25N5O4.C21H20N4O2/c1-14(2)33-22-10-7-15(11-21(22)26-3)24-28-23(29-34-24)19-6-4-5-18-17(19)8-9-20(18)27-25(32)30-12-16(31)13-30;1-12(2)26-19-10-7-13(11-18(19)23-3)21-24-20(25-27-21)16-6-4-5-15-14(16)8-9-17(15)22/h4-7,10-11,14,16,20,31H,8-9,12-13H2,1-2H3,(H,27,32);4-7,10-12,17H,8-9,22H2,1-2H3/t20-;17-/m11/s1. The zero-order chi connectivity index (χ0) is 42.8. The zero-order valence-electron chi connectivity index (χ0n) is 34.3. The van der Waals surface area contributed by atoms with E-state index in [0.717, 1.165) is 53.5 Å². The highest BCUT2D eigenvalue weighted by Crippen LogP contribution is 2.40. The number of nitrogens with two attached hydrogens (primary N) is 1. The molecule has 15 heteroatoms. The van der Waals surface area contributed by atoms with Gasteiger partial charge in [-0.1, -0.05) is 46.7 Å². The maximum absolute atomic E-state index is 12.4. The maximum atomic E-state index is 12.4. The Hall–Kier alpha value is -7.07. The minimum atomic E-state index is -0.426. The van der Waals surface area contributed by atoms with Crippen molar-refractivity contribution >= 4 is 17.4 Å². The van der Waals surface area contributed by atoms with Gasteiger partial charge >= 0.3 is 6.03 Å². The van der Waals surface area contributed by atoms with Gasteiger partial charge in [0.2, 0.25) is 23.0 Å². The number of fused-ring (bicyclic) bond motifs is 2. The molecule has 4 aromatic carbocycles. The molecule has 9 rings (SSSR count). The van der Waals surface area contributed by atoms with Crippen LogP contribution in [0.4, 0.5) is 16.2 Å². The molecule has 3 aliphatic rings. The number of amides is 2. The number of β-amino-alcohol motifs (C(OH)–C–C–N with tert-alkyl or cyclic N) is 1. The van der Waals surface area contributed by atoms with Crippen molar-refractivity contribution in [3.05, 3.63) is 118 Å². The van der Waals surface area contributed by atoms with Gasteiger partial charge in [0.25, 0.3) is 11.8 Å². The van der Waals surface area contributed by atoms with Crippen LogP contribution < -0.4 is 20.5 Å². The molecule has 1 saturated heterocycles. The molecule has 4 N–H and O–H groups in total. The first-order chi connectivity index (χ1) is 29.5. The molecule has 3 heterocycles. The zero-order valence-corrected chi connectivity index (χ0v) is 34.3. The largest absolute Gasteiger partial charge is 0.502 e. The third-order valence-electron chi connectivity index (χ3n) is 10.7. The Kier molecular flexibility index (Phi) is 11.5. The number of urea groups is 1. The van der Waals surface area contributed by atoms with Gasteiger partial charge < -0.3 is 39.6 Å². The van der Waals surface area contributed by atoms with Gasteiger partial charge in [-0.2, -0.15) is 9.97 Å². The lowest BCUT2D eigenvalue weighted by Crippen LogP contribution is -2.57. The first-order valence-corrected chi connectivity index (χ1v) is 20.3. The van der Waals surface area contributed by atoms with Crippen LogP contribution in [0.15, 0.2) is 81.8 Å². The molecule has 2 amide bonds. The molecule has 0 saturated carbocycles. The number of aliphatic hydroxyl groups excluding tert-OH is 1. The Balaban J connectivity index is 0.000000173. The number of rotatable bonds is 9. The van der Waals surface area contributed by atoms with Crippen LogP contribution in [0.2, 0.25) is 0 Å². The molecule has 2 atom stereocenters. The van der Waals surface area contributed by atoms with Crippen LogP contribution in [0, 0.1) is 13.1 Å². The van der Waals surface area contributed by atoms with Crippen molar-refractivity contribution in [1.82, 2.24) is 30.5 Å². The van der Waals surface area contributed by atoms with Crippen molar-refractivity contribution in [2.45, 2.75) is 83.8 Å². The van der Waals surface area contributed by atoms with Crippen molar-refractivity contribution in [1.29, 1.82) is 0 Å². The molecular formula is C46H45N9O6. The summed E-state index contributed by atoms with van der Waals surface area (Å²) >= 11 is 0. The molecule has 2 aromatic heterocycles. The van der Waals surface area contributed by atoms with E-state index in [1.807, 2.05) is 64.1 Å². The summed E-state index contributed by atoms with van der Waals surface area (Å²) in [5.41, 5.74) is 14.6. The van der Waals surface area contributed by atoms with E-state index in [1.54, 1.807) is 35.2 Å². The van der Waals surface area contributed by atoms with Crippen molar-refractivity contribution in [3.8, 4) is 57.2 Å². The number of hydrogen-bond donors (Lipinski definition) is 3. The van der Waals surface area contributed by atoms with E-state index in [1.165, 1.54) is 5.56 Å². The molecule has 0 spiro atoms. The first-order valence-electron chi connectivity index (χ1n) is 20.3. The molecule has 6 aromatic rings. The molecule has 0 unspecified atom stereocenters. The van der Waals surface area contributed by atoms with Gasteiger partial charge in [-0.25, -0.2) is 14.5 Å². The Morgan fingerprint density at radius 2 is 1.30 bits per heavy atom. The lowest BCUT2D eigenvalue weighted by atomic mass is 10.0. The quantitative estimate of drug-likeness (QED) is 0.119. The number of ether oxygens (including phenoxy) is 2. The fourth-order valence-electron chi connectivity index (χ4n) is 7.85. The maximum Gasteiger partial charge on any atom is 0.318 e. The van der Waals surface area contributed by atoms with Gasteiger partial charge in [0, 0.05) is 28.3 Å². The number of carbonyl (C=O) groups is 1. The van der Waals surface area contributed by atoms with Crippen LogP contribution in [0.25, 0.3) is 55.4 Å². The number of hydrogen-bond acceptors (Lipinski definition) is 11. The molecule has 2 aliphatic carbocycles. The van der Waals surface area contributed by atoms with E-state index in [-0.39, 0.29) is 30.3 Å². The third-order valence-corrected chi connectivity index (χ3v) is 10.7. The Morgan fingerprint density at radius 3 is 1.80 bits per heavy atom. The minimum Gasteiger partial charge on any atom is -0.502 e. The van der Waals surface area contributed by atoms with Crippen LogP contribution in [0.1, 0.15) is 74.9 Å². The van der Waals surface area contributed by atoms with E-state index in [0.29, 0.717) is 70.5 Å². The first kappa shape index (κ1) is 40.7. The molecule has 61 heavy (non-hydrogen) atoms. The summed E-state index contributed by atoms with van der Waals surface area (Å²) in [6, 6.07) is 22.3. The highest BCUT2D eigenvalue weighted by atomic mass is 16.5. The fourth-order valence-corrected chi connectivity index (χ4v) is 7.85. The number of aromatic nitrogens is 4. The summed E-state index contributed by atoms with van der Waals surface area (Å²) < 4.78 is 22.4. The Labute approximate surface area is 353 Å². The average molecular weight is 820 g/mol. The summed E-state index contributed by atoms with van der Waals surface area (Å²) in [6.45, 7) is 23.3. The third kappa shape index (κ3) is 8.52. The second kappa shape index (κ2) is 17.3. The molecule has 0 radical (unpaired) electrons. The number of benzene rings is 4. The van der Waals surface area contributed by atoms with Gasteiger partial charge in [-0.3, -0.25) is 0 Å². The predicted octanol–water partition coefficient (Wildman–Crippen LogP) is 8.80. The molecule has 310 valence electrons. The number of nitrogens with one attached hydrogen (secondary N) is 1. The van der Waals surface area contributed by atoms with Crippen molar-refractivity contribution < 1.29 is 28.4 Å². The molecule has 0 bridgehead atoms. The van der Waals surface area contributed by atoms with Gasteiger partial charge in [0.05, 0.1) is 50.6 Å². The number of aliphatic hydroxyl groups is 1. The molecule has 1 aliphatic heterocycles. The van der Waals surface area contributed by atoms with Crippen molar-refractivity contribution in [3.63, 3.8) is 0 Å². The Morgan fingerprint density at radius 1 is 0.787 bits per heavy atom. The highest BCUT2D eigenvalue weighted by Gasteiger charge is 2.33. The van der Waals surface area contributed by atoms with E-state index in [9.17, 15) is 9.90 Å². The smallest absolute Gasteiger partial charge is 0.318 e. The normalized spacial score (nSPS) is 16.5. The summed E-state index contributed by atoms with van der Waals surface area (Å²) in [5, 5.41) is 20.9. The number of carbonyl (C=O) groups excluding carboxylic acids is 1. The highest BCUT2D eigenvalue weighted by molar-refractivity contribution is 5.77. The van der Waals surface area contributed by atoms with E-state index < -0.39 is 6.10 Å². The van der Waals surface area contributed by atoms with Gasteiger partial charge in [0.15, 0.2) is 0 Å². The SMILES string of the molecule is [C-]#[N+]c1cc(-c2nc(-c3cccc4c3CC[C@H]4N)no2)ccc1OC(C)C.[C-]#[N+]c1cc(-c2nc(-c3cccc4c3CC[C@H]4NC(=O)N3CC(O)C3)no2)ccc1OC(C)C. The van der Waals surface area contributed by atoms with E-state index in [2.05, 4.69) is 41.4 Å². The van der Waals surface area contributed by atoms with Crippen LogP contribution in [-0.4, -0.2) is 67.7 Å². The van der Waals surface area contributed by atoms with Crippen molar-refractivity contribution in [2.75, 3.05) is 13.1 Å². The number of nitrogens with zero attached hydrogens (tertiary/aromatic N) is 7. The number of likely N-dealkylation sites (tertiary alicyclic amines) is 1. The fraction of sp³-hybridized carbons (Fsp3) is 0.326. The lowest BCUT2D eigenvalue weighted by Gasteiger charge is -2.36. The molecule has 15 nitrogen and oxygen atoms in total. The monoisotopic (exact) mass is 819 g/mol. The Bertz CT molecular complexity index is 2670. The molecule has 1 fully saturated rings. The summed E-state index contributed by atoms with van der Waals surface area (Å²) in [6.07, 6.45) is 2.95. The summed E-state index contributed by atoms with van der Waals surface area (Å²) in [4.78, 5) is 30.3. The van der Waals surface area contributed by atoms with E-state index in [4.69, 9.17) is 37.4 Å². The second-order valence-electron chi connectivity index (χ2n) is 15.8. The topological polar surface area (TPSA) is 184 Å². The van der Waals surface area contributed by atoms with E-state index >= 15 is 0 Å². The van der Waals surface area contributed by atoms with Crippen molar-refractivity contribution in [2.24, 2.45) is 5.73 Å².